The van der Waals surface area contributed by atoms with E-state index in [4.69, 9.17) is 5.11 Å². The molecule has 0 aromatic rings. The van der Waals surface area contributed by atoms with E-state index < -0.39 is 0 Å². The minimum Gasteiger partial charge on any atom is -0.396 e. The third kappa shape index (κ3) is 180. The third-order valence-corrected chi connectivity index (χ3v) is 1.93. The Kier molecular flexibility index (Phi) is 118. The Labute approximate surface area is 159 Å². The van der Waals surface area contributed by atoms with E-state index in [1.165, 1.54) is 25.7 Å². The van der Waals surface area contributed by atoms with Crippen molar-refractivity contribution in [3.05, 3.63) is 27.7 Å². The van der Waals surface area contributed by atoms with Crippen molar-refractivity contribution in [3.63, 3.8) is 0 Å². The molecule has 0 rings (SSSR count). The topological polar surface area (TPSA) is 20.2 Å². The summed E-state index contributed by atoms with van der Waals surface area (Å²) in [5.41, 5.74) is 0. The molecule has 0 spiro atoms. The average Bonchev–Trinajstić information content (AvgIpc) is 2.56. The Hall–Kier alpha value is 0.674. The van der Waals surface area contributed by atoms with Gasteiger partial charge in [0.15, 0.2) is 0 Å². The fourth-order valence-corrected chi connectivity index (χ4v) is 0.158. The first-order valence-corrected chi connectivity index (χ1v) is 8.85. The zero-order valence-corrected chi connectivity index (χ0v) is 18.1. The summed E-state index contributed by atoms with van der Waals surface area (Å²) in [6.45, 7) is 25.3. The second-order valence-corrected chi connectivity index (χ2v) is 4.49. The van der Waals surface area contributed by atoms with Crippen molar-refractivity contribution in [1.29, 1.82) is 0 Å². The van der Waals surface area contributed by atoms with Gasteiger partial charge in [0.1, 0.15) is 0 Å². The predicted molar refractivity (Wildman–Crippen MR) is 103 cm³/mol. The van der Waals surface area contributed by atoms with Crippen molar-refractivity contribution in [1.82, 2.24) is 0 Å². The van der Waals surface area contributed by atoms with Crippen LogP contribution in [0, 0.1) is 27.7 Å². The monoisotopic (exact) mass is 350 g/mol. The van der Waals surface area contributed by atoms with E-state index in [0.717, 1.165) is 38.5 Å². The van der Waals surface area contributed by atoms with Crippen LogP contribution in [-0.2, 0) is 21.7 Å². The van der Waals surface area contributed by atoms with Crippen molar-refractivity contribution < 1.29 is 26.8 Å². The van der Waals surface area contributed by atoms with Crippen molar-refractivity contribution >= 4 is 0 Å². The molecule has 0 bridgehead atoms. The molecule has 0 saturated carbocycles. The standard InChI is InChI=1S/C4H10O.4C4H9.Ti/c1-2-3-4-5;4*1-3-4-2;/h5H,2-4H2,1H3;4*1,3-4H2,2H3;/q;4*-1;+4. The van der Waals surface area contributed by atoms with Gasteiger partial charge in [-0.25, -0.2) is 0 Å². The molecule has 0 aliphatic rings. The molecule has 0 aliphatic heterocycles. The van der Waals surface area contributed by atoms with Crippen LogP contribution in [-0.4, -0.2) is 11.7 Å². The largest absolute Gasteiger partial charge is 4.00 e. The number of rotatable bonds is 6. The molecule has 0 aromatic carbocycles. The maximum atomic E-state index is 8.07. The summed E-state index contributed by atoms with van der Waals surface area (Å²) >= 11 is 0. The Morgan fingerprint density at radius 2 is 0.727 bits per heavy atom. The molecule has 22 heavy (non-hydrogen) atoms. The first-order chi connectivity index (χ1) is 10.1. The van der Waals surface area contributed by atoms with Crippen LogP contribution < -0.4 is 0 Å². The Morgan fingerprint density at radius 3 is 0.727 bits per heavy atom. The predicted octanol–water partition coefficient (Wildman–Crippen LogP) is 7.26. The maximum Gasteiger partial charge on any atom is 4.00 e. The van der Waals surface area contributed by atoms with Gasteiger partial charge in [0.2, 0.25) is 0 Å². The van der Waals surface area contributed by atoms with Crippen LogP contribution >= 0.6 is 0 Å². The number of aliphatic hydroxyl groups is 1. The molecule has 0 saturated heterocycles. The van der Waals surface area contributed by atoms with Crippen LogP contribution in [0.1, 0.15) is 98.8 Å². The van der Waals surface area contributed by atoms with Crippen LogP contribution in [0.5, 0.6) is 0 Å². The quantitative estimate of drug-likeness (QED) is 0.395. The average molecular weight is 350 g/mol. The van der Waals surface area contributed by atoms with E-state index >= 15 is 0 Å². The van der Waals surface area contributed by atoms with Gasteiger partial charge >= 0.3 is 21.7 Å². The summed E-state index contributed by atoms with van der Waals surface area (Å²) in [7, 11) is 0. The molecule has 0 amide bonds. The summed E-state index contributed by atoms with van der Waals surface area (Å²) in [5, 5.41) is 8.07. The van der Waals surface area contributed by atoms with Gasteiger partial charge < -0.3 is 32.8 Å². The smallest absolute Gasteiger partial charge is 0.396 e. The summed E-state index contributed by atoms with van der Waals surface area (Å²) in [6.07, 6.45) is 11.1. The normalized spacial score (nSPS) is 7.36. The maximum absolute atomic E-state index is 8.07. The summed E-state index contributed by atoms with van der Waals surface area (Å²) < 4.78 is 0. The minimum atomic E-state index is 0. The number of aliphatic hydroxyl groups excluding tert-OH is 1. The Morgan fingerprint density at radius 1 is 0.545 bits per heavy atom. The van der Waals surface area contributed by atoms with Gasteiger partial charge in [-0.3, -0.25) is 0 Å². The molecule has 0 aromatic heterocycles. The summed E-state index contributed by atoms with van der Waals surface area (Å²) in [5.74, 6) is 0. The van der Waals surface area contributed by atoms with Gasteiger partial charge in [-0.2, -0.15) is 25.7 Å². The molecule has 1 nitrogen and oxygen atoms in total. The van der Waals surface area contributed by atoms with Gasteiger partial charge in [0.25, 0.3) is 0 Å². The first-order valence-electron chi connectivity index (χ1n) is 8.85. The number of hydrogen-bond donors (Lipinski definition) is 1. The van der Waals surface area contributed by atoms with E-state index in [2.05, 4.69) is 62.3 Å². The molecule has 0 fully saturated rings. The van der Waals surface area contributed by atoms with E-state index in [1.807, 2.05) is 0 Å². The number of unbranched alkanes of at least 4 members (excludes halogenated alkanes) is 5. The van der Waals surface area contributed by atoms with Crippen molar-refractivity contribution in [2.75, 3.05) is 6.61 Å². The van der Waals surface area contributed by atoms with Crippen LogP contribution in [0.4, 0.5) is 0 Å². The molecule has 136 valence electrons. The van der Waals surface area contributed by atoms with E-state index in [-0.39, 0.29) is 21.7 Å². The SMILES string of the molecule is CCCCO.[CH2-]CCC.[CH2-]CCC.[CH2-]CCC.[CH2-]CCC.[Ti+4]. The van der Waals surface area contributed by atoms with Gasteiger partial charge in [0.05, 0.1) is 0 Å². The van der Waals surface area contributed by atoms with Gasteiger partial charge in [-0.15, -0.1) is 0 Å². The molecule has 1 N–H and O–H groups in total. The van der Waals surface area contributed by atoms with Crippen molar-refractivity contribution in [3.8, 4) is 0 Å². The third-order valence-electron chi connectivity index (χ3n) is 1.93. The second kappa shape index (κ2) is 68.0. The van der Waals surface area contributed by atoms with E-state index in [1.54, 1.807) is 0 Å². The Balaban J connectivity index is -0.0000000361. The molecule has 0 unspecified atom stereocenters. The zero-order valence-electron chi connectivity index (χ0n) is 16.6. The summed E-state index contributed by atoms with van der Waals surface area (Å²) in [6, 6.07) is 0. The van der Waals surface area contributed by atoms with Gasteiger partial charge in [0, 0.05) is 6.61 Å². The van der Waals surface area contributed by atoms with Crippen LogP contribution in [0.25, 0.3) is 0 Å². The van der Waals surface area contributed by atoms with E-state index in [9.17, 15) is 0 Å². The fraction of sp³-hybridized carbons (Fsp3) is 0.800. The zero-order chi connectivity index (χ0) is 17.8. The van der Waals surface area contributed by atoms with Crippen LogP contribution in [0.15, 0.2) is 0 Å². The molecule has 0 atom stereocenters. The van der Waals surface area contributed by atoms with E-state index in [0.29, 0.717) is 6.61 Å². The van der Waals surface area contributed by atoms with Crippen molar-refractivity contribution in [2.24, 2.45) is 0 Å². The molecular formula is C20H46OTi. The van der Waals surface area contributed by atoms with Crippen molar-refractivity contribution in [2.45, 2.75) is 98.8 Å². The molecule has 0 heterocycles. The molecule has 2 heteroatoms. The summed E-state index contributed by atoms with van der Waals surface area (Å²) in [4.78, 5) is 0. The van der Waals surface area contributed by atoms with Gasteiger partial charge in [-0.1, -0.05) is 66.7 Å². The Bertz CT molecular complexity index is 61.8. The number of hydrogen-bond acceptors (Lipinski definition) is 1. The van der Waals surface area contributed by atoms with Crippen LogP contribution in [0.3, 0.4) is 0 Å². The van der Waals surface area contributed by atoms with Gasteiger partial charge in [-0.05, 0) is 6.42 Å². The minimum absolute atomic E-state index is 0. The molecule has 0 radical (unpaired) electrons. The molecule has 0 aliphatic carbocycles. The fourth-order valence-electron chi connectivity index (χ4n) is 0.158. The van der Waals surface area contributed by atoms with Crippen LogP contribution in [0.2, 0.25) is 0 Å². The first kappa shape index (κ1) is 38.3. The molecular weight excluding hydrogens is 304 g/mol. The second-order valence-electron chi connectivity index (χ2n) is 4.49.